The van der Waals surface area contributed by atoms with Gasteiger partial charge in [-0.15, -0.1) is 0 Å². The maximum atomic E-state index is 11.4. The highest BCUT2D eigenvalue weighted by Gasteiger charge is 2.23. The first-order chi connectivity index (χ1) is 12.4. The average molecular weight is 374 g/mol. The zero-order chi connectivity index (χ0) is 18.3. The number of aromatic nitrogens is 3. The zero-order valence-corrected chi connectivity index (χ0v) is 15.4. The van der Waals surface area contributed by atoms with Gasteiger partial charge in [0, 0.05) is 43.0 Å². The maximum absolute atomic E-state index is 11.4. The van der Waals surface area contributed by atoms with Crippen molar-refractivity contribution in [3.63, 3.8) is 0 Å². The third kappa shape index (κ3) is 3.53. The van der Waals surface area contributed by atoms with Crippen molar-refractivity contribution >= 4 is 20.7 Å². The molecular formula is C18H22N4O3S. The Morgan fingerprint density at radius 3 is 2.96 bits per heavy atom. The number of hydrogen-bond acceptors (Lipinski definition) is 5. The van der Waals surface area contributed by atoms with Crippen molar-refractivity contribution in [1.82, 2.24) is 19.7 Å². The maximum Gasteiger partial charge on any atom is 0.150 e. The molecule has 1 aliphatic rings. The third-order valence-electron chi connectivity index (χ3n) is 4.78. The lowest BCUT2D eigenvalue weighted by Crippen LogP contribution is -2.33. The Labute approximate surface area is 152 Å². The first-order valence-electron chi connectivity index (χ1n) is 8.59. The van der Waals surface area contributed by atoms with Crippen molar-refractivity contribution in [1.29, 1.82) is 0 Å². The van der Waals surface area contributed by atoms with Crippen LogP contribution in [0.2, 0.25) is 0 Å². The summed E-state index contributed by atoms with van der Waals surface area (Å²) in [6.45, 7) is 3.14. The first-order valence-corrected chi connectivity index (χ1v) is 10.6. The summed E-state index contributed by atoms with van der Waals surface area (Å²) >= 11 is 0. The summed E-state index contributed by atoms with van der Waals surface area (Å²) in [5.41, 5.74) is 3.84. The van der Waals surface area contributed by atoms with Gasteiger partial charge in [-0.2, -0.15) is 5.10 Å². The van der Waals surface area contributed by atoms with E-state index in [9.17, 15) is 13.5 Å². The minimum absolute atomic E-state index is 0.303. The predicted octanol–water partition coefficient (Wildman–Crippen LogP) is 1.46. The summed E-state index contributed by atoms with van der Waals surface area (Å²) in [5.74, 6) is -0.303. The lowest BCUT2D eigenvalue weighted by atomic mass is 10.1. The van der Waals surface area contributed by atoms with Crippen LogP contribution < -0.4 is 0 Å². The monoisotopic (exact) mass is 374 g/mol. The molecule has 0 bridgehead atoms. The number of fused-ring (bicyclic) bond motifs is 2. The lowest BCUT2D eigenvalue weighted by Gasteiger charge is -2.27. The van der Waals surface area contributed by atoms with E-state index >= 15 is 0 Å². The summed E-state index contributed by atoms with van der Waals surface area (Å²) < 4.78 is 24.7. The first kappa shape index (κ1) is 17.3. The van der Waals surface area contributed by atoms with Gasteiger partial charge in [-0.1, -0.05) is 12.1 Å². The summed E-state index contributed by atoms with van der Waals surface area (Å²) in [6.07, 6.45) is 2.00. The highest BCUT2D eigenvalue weighted by Crippen LogP contribution is 2.23. The van der Waals surface area contributed by atoms with E-state index in [1.54, 1.807) is 0 Å². The Morgan fingerprint density at radius 1 is 1.31 bits per heavy atom. The van der Waals surface area contributed by atoms with Gasteiger partial charge in [-0.3, -0.25) is 9.58 Å². The molecule has 1 aliphatic heterocycles. The summed E-state index contributed by atoms with van der Waals surface area (Å²) in [6, 6.07) is 10.2. The molecule has 0 radical (unpaired) electrons. The minimum atomic E-state index is -3.25. The fraction of sp³-hybridized carbons (Fsp3) is 0.389. The molecule has 0 saturated carbocycles. The second-order valence-electron chi connectivity index (χ2n) is 6.96. The van der Waals surface area contributed by atoms with E-state index in [-0.39, 0.29) is 5.75 Å². The molecule has 7 nitrogen and oxygen atoms in total. The average Bonchev–Trinajstić information content (AvgIpc) is 3.19. The molecule has 2 aromatic heterocycles. The Morgan fingerprint density at radius 2 is 2.15 bits per heavy atom. The van der Waals surface area contributed by atoms with Gasteiger partial charge in [0.15, 0.2) is 0 Å². The van der Waals surface area contributed by atoms with Crippen LogP contribution in [0.3, 0.4) is 0 Å². The van der Waals surface area contributed by atoms with Crippen LogP contribution in [0.15, 0.2) is 36.5 Å². The molecule has 26 heavy (non-hydrogen) atoms. The van der Waals surface area contributed by atoms with Gasteiger partial charge in [0.2, 0.25) is 0 Å². The van der Waals surface area contributed by atoms with E-state index in [1.165, 1.54) is 10.9 Å². The van der Waals surface area contributed by atoms with Crippen LogP contribution in [-0.2, 0) is 29.5 Å². The second kappa shape index (κ2) is 6.53. The number of nitrogens with one attached hydrogen (secondary N) is 1. The van der Waals surface area contributed by atoms with E-state index in [0.29, 0.717) is 5.69 Å². The largest absolute Gasteiger partial charge is 0.386 e. The quantitative estimate of drug-likeness (QED) is 0.705. The summed E-state index contributed by atoms with van der Waals surface area (Å²) in [5, 5.41) is 15.7. The Hall–Kier alpha value is -2.16. The molecule has 8 heteroatoms. The minimum Gasteiger partial charge on any atom is -0.386 e. The fourth-order valence-electron chi connectivity index (χ4n) is 3.54. The number of hydrogen-bond donors (Lipinski definition) is 2. The SMILES string of the molecule is CS(=O)(=O)CC(O)c1cc2n(n1)CCN(Cc1cccc3[nH]ccc13)C2. The van der Waals surface area contributed by atoms with Crippen LogP contribution in [0.5, 0.6) is 0 Å². The molecule has 0 aliphatic carbocycles. The molecule has 0 fully saturated rings. The Kier molecular flexibility index (Phi) is 4.34. The Balaban J connectivity index is 1.50. The number of aromatic amines is 1. The van der Waals surface area contributed by atoms with Crippen molar-refractivity contribution in [2.24, 2.45) is 0 Å². The van der Waals surface area contributed by atoms with Gasteiger partial charge in [0.05, 0.1) is 23.7 Å². The zero-order valence-electron chi connectivity index (χ0n) is 14.6. The summed E-state index contributed by atoms with van der Waals surface area (Å²) in [4.78, 5) is 5.58. The van der Waals surface area contributed by atoms with Crippen molar-refractivity contribution in [2.75, 3.05) is 18.6 Å². The number of aliphatic hydroxyl groups excluding tert-OH is 1. The lowest BCUT2D eigenvalue weighted by molar-refractivity contribution is 0.191. The van der Waals surface area contributed by atoms with Crippen LogP contribution in [-0.4, -0.2) is 51.7 Å². The normalized spacial score (nSPS) is 16.7. The van der Waals surface area contributed by atoms with E-state index in [4.69, 9.17) is 0 Å². The van der Waals surface area contributed by atoms with Crippen LogP contribution in [0.25, 0.3) is 10.9 Å². The number of benzene rings is 1. The van der Waals surface area contributed by atoms with Gasteiger partial charge < -0.3 is 10.1 Å². The highest BCUT2D eigenvalue weighted by molar-refractivity contribution is 7.90. The van der Waals surface area contributed by atoms with Crippen molar-refractivity contribution < 1.29 is 13.5 Å². The van der Waals surface area contributed by atoms with Gasteiger partial charge >= 0.3 is 0 Å². The number of rotatable bonds is 5. The standard InChI is InChI=1S/C18H22N4O3S/c1-26(24,25)12-18(23)17-9-14-11-21(7-8-22(14)20-17)10-13-3-2-4-16-15(13)5-6-19-16/h2-6,9,18-19,23H,7-8,10-12H2,1H3. The molecule has 0 spiro atoms. The molecule has 3 heterocycles. The molecular weight excluding hydrogens is 352 g/mol. The van der Waals surface area contributed by atoms with Crippen molar-refractivity contribution in [3.8, 4) is 0 Å². The van der Waals surface area contributed by atoms with E-state index in [2.05, 4.69) is 39.2 Å². The van der Waals surface area contributed by atoms with Gasteiger partial charge in [-0.25, -0.2) is 8.42 Å². The molecule has 1 aromatic carbocycles. The highest BCUT2D eigenvalue weighted by atomic mass is 32.2. The van der Waals surface area contributed by atoms with Crippen molar-refractivity contribution in [3.05, 3.63) is 53.5 Å². The van der Waals surface area contributed by atoms with E-state index in [1.807, 2.05) is 16.9 Å². The van der Waals surface area contributed by atoms with Crippen molar-refractivity contribution in [2.45, 2.75) is 25.7 Å². The van der Waals surface area contributed by atoms with E-state index in [0.717, 1.165) is 43.6 Å². The van der Waals surface area contributed by atoms with Crippen LogP contribution >= 0.6 is 0 Å². The van der Waals surface area contributed by atoms with Gasteiger partial charge in [-0.05, 0) is 23.8 Å². The van der Waals surface area contributed by atoms with Gasteiger partial charge in [0.1, 0.15) is 15.9 Å². The molecule has 1 atom stereocenters. The topological polar surface area (TPSA) is 91.2 Å². The summed E-state index contributed by atoms with van der Waals surface area (Å²) in [7, 11) is -3.25. The number of H-pyrrole nitrogens is 1. The number of aliphatic hydroxyl groups is 1. The van der Waals surface area contributed by atoms with Gasteiger partial charge in [0.25, 0.3) is 0 Å². The molecule has 1 unspecified atom stereocenters. The van der Waals surface area contributed by atoms with Crippen LogP contribution in [0.4, 0.5) is 0 Å². The van der Waals surface area contributed by atoms with E-state index < -0.39 is 15.9 Å². The molecule has 2 N–H and O–H groups in total. The molecule has 0 amide bonds. The Bertz CT molecular complexity index is 1040. The third-order valence-corrected chi connectivity index (χ3v) is 5.70. The van der Waals surface area contributed by atoms with Crippen LogP contribution in [0, 0.1) is 0 Å². The van der Waals surface area contributed by atoms with Crippen LogP contribution in [0.1, 0.15) is 23.1 Å². The second-order valence-corrected chi connectivity index (χ2v) is 9.14. The molecule has 4 rings (SSSR count). The predicted molar refractivity (Wildman–Crippen MR) is 99.3 cm³/mol. The smallest absolute Gasteiger partial charge is 0.150 e. The fourth-order valence-corrected chi connectivity index (χ4v) is 4.29. The number of nitrogens with zero attached hydrogens (tertiary/aromatic N) is 3. The number of sulfone groups is 1. The molecule has 3 aromatic rings. The molecule has 138 valence electrons. The molecule has 0 saturated heterocycles.